The molecule has 5 heteroatoms. The van der Waals surface area contributed by atoms with Crippen molar-refractivity contribution < 1.29 is 14.7 Å². The highest BCUT2D eigenvalue weighted by molar-refractivity contribution is 5.80. The minimum atomic E-state index is -0.813. The van der Waals surface area contributed by atoms with Crippen molar-refractivity contribution in [1.29, 1.82) is 0 Å². The topological polar surface area (TPSA) is 60.9 Å². The predicted molar refractivity (Wildman–Crippen MR) is 78.5 cm³/mol. The van der Waals surface area contributed by atoms with Crippen LogP contribution in [-0.2, 0) is 4.79 Å². The molecule has 1 heterocycles. The van der Waals surface area contributed by atoms with Gasteiger partial charge in [0, 0.05) is 25.7 Å². The molecular formula is C15H26N2O3. The van der Waals surface area contributed by atoms with Crippen molar-refractivity contribution in [3.63, 3.8) is 0 Å². The third-order valence-electron chi connectivity index (χ3n) is 4.30. The minimum absolute atomic E-state index is 0.00436. The fourth-order valence-electron chi connectivity index (χ4n) is 2.72. The number of amides is 2. The first kappa shape index (κ1) is 16.5. The van der Waals surface area contributed by atoms with E-state index in [9.17, 15) is 14.7 Å². The maximum atomic E-state index is 12.5. The van der Waals surface area contributed by atoms with Crippen LogP contribution in [0.4, 0.5) is 4.79 Å². The second kappa shape index (κ2) is 6.29. The molecule has 1 rings (SSSR count). The number of carboxylic acid groups (broad SMARTS) is 1. The van der Waals surface area contributed by atoms with Gasteiger partial charge in [-0.05, 0) is 26.2 Å². The molecule has 20 heavy (non-hydrogen) atoms. The Kier molecular flexibility index (Phi) is 5.20. The first-order valence-electron chi connectivity index (χ1n) is 7.16. The van der Waals surface area contributed by atoms with Crippen molar-refractivity contribution in [3.8, 4) is 0 Å². The van der Waals surface area contributed by atoms with E-state index < -0.39 is 11.4 Å². The molecular weight excluding hydrogens is 256 g/mol. The molecule has 1 aliphatic heterocycles. The van der Waals surface area contributed by atoms with Crippen LogP contribution in [0.2, 0.25) is 0 Å². The van der Waals surface area contributed by atoms with Crippen LogP contribution < -0.4 is 0 Å². The predicted octanol–water partition coefficient (Wildman–Crippen LogP) is 2.44. The summed E-state index contributed by atoms with van der Waals surface area (Å²) in [6, 6.07) is -0.0250. The average molecular weight is 282 g/mol. The second-order valence-corrected chi connectivity index (χ2v) is 6.10. The van der Waals surface area contributed by atoms with Crippen LogP contribution in [0.25, 0.3) is 0 Å². The zero-order chi connectivity index (χ0) is 15.5. The van der Waals surface area contributed by atoms with Gasteiger partial charge in [0.2, 0.25) is 0 Å². The van der Waals surface area contributed by atoms with Crippen LogP contribution >= 0.6 is 0 Å². The van der Waals surface area contributed by atoms with Crippen LogP contribution in [0, 0.1) is 11.3 Å². The maximum Gasteiger partial charge on any atom is 0.320 e. The zero-order valence-electron chi connectivity index (χ0n) is 12.9. The highest BCUT2D eigenvalue weighted by atomic mass is 16.4. The number of hydrogen-bond donors (Lipinski definition) is 1. The number of aliphatic carboxylic acids is 1. The molecule has 1 saturated heterocycles. The molecule has 0 aromatic heterocycles. The quantitative estimate of drug-likeness (QED) is 0.788. The highest BCUT2D eigenvalue weighted by Gasteiger charge is 2.49. The van der Waals surface area contributed by atoms with E-state index in [0.29, 0.717) is 26.1 Å². The van der Waals surface area contributed by atoms with Gasteiger partial charge < -0.3 is 14.9 Å². The highest BCUT2D eigenvalue weighted by Crippen LogP contribution is 2.38. The standard InChI is InChI=1S/C15H26N2O3/c1-6-8-17(12(4)5)14(20)16-9-7-15(10-16,11(2)3)13(18)19/h6,11-12H,1,7-10H2,2-5H3,(H,18,19). The lowest BCUT2D eigenvalue weighted by molar-refractivity contribution is -0.150. The third-order valence-corrected chi connectivity index (χ3v) is 4.30. The summed E-state index contributed by atoms with van der Waals surface area (Å²) in [5.74, 6) is -0.799. The molecule has 0 radical (unpaired) electrons. The molecule has 5 nitrogen and oxygen atoms in total. The molecule has 0 aromatic carbocycles. The van der Waals surface area contributed by atoms with Crippen LogP contribution in [-0.4, -0.2) is 52.6 Å². The summed E-state index contributed by atoms with van der Waals surface area (Å²) < 4.78 is 0. The Bertz CT molecular complexity index is 393. The molecule has 0 aliphatic carbocycles. The first-order chi connectivity index (χ1) is 9.26. The van der Waals surface area contributed by atoms with Gasteiger partial charge in [0.25, 0.3) is 0 Å². The molecule has 1 unspecified atom stereocenters. The van der Waals surface area contributed by atoms with Gasteiger partial charge in [0.05, 0.1) is 5.41 Å². The second-order valence-electron chi connectivity index (χ2n) is 6.10. The average Bonchev–Trinajstić information content (AvgIpc) is 2.81. The zero-order valence-corrected chi connectivity index (χ0v) is 12.9. The summed E-state index contributed by atoms with van der Waals surface area (Å²) in [7, 11) is 0. The third kappa shape index (κ3) is 2.97. The number of carbonyl (C=O) groups excluding carboxylic acids is 1. The lowest BCUT2D eigenvalue weighted by Gasteiger charge is -2.32. The van der Waals surface area contributed by atoms with Gasteiger partial charge in [0.1, 0.15) is 0 Å². The van der Waals surface area contributed by atoms with Gasteiger partial charge in [0.15, 0.2) is 0 Å². The first-order valence-corrected chi connectivity index (χ1v) is 7.16. The summed E-state index contributed by atoms with van der Waals surface area (Å²) in [4.78, 5) is 27.5. The molecule has 0 bridgehead atoms. The molecule has 114 valence electrons. The molecule has 1 aliphatic rings. The Balaban J connectivity index is 2.88. The Morgan fingerprint density at radius 2 is 2.00 bits per heavy atom. The molecule has 1 N–H and O–H groups in total. The Hall–Kier alpha value is -1.52. The van der Waals surface area contributed by atoms with Gasteiger partial charge in [-0.3, -0.25) is 4.79 Å². The number of carboxylic acids is 1. The van der Waals surface area contributed by atoms with Crippen LogP contribution in [0.1, 0.15) is 34.1 Å². The number of urea groups is 1. The van der Waals surface area contributed by atoms with E-state index in [1.165, 1.54) is 0 Å². The van der Waals surface area contributed by atoms with Gasteiger partial charge in [-0.15, -0.1) is 6.58 Å². The smallest absolute Gasteiger partial charge is 0.320 e. The van der Waals surface area contributed by atoms with E-state index in [4.69, 9.17) is 0 Å². The summed E-state index contributed by atoms with van der Waals surface area (Å²) in [5.41, 5.74) is -0.813. The Morgan fingerprint density at radius 1 is 1.40 bits per heavy atom. The van der Waals surface area contributed by atoms with Crippen molar-refractivity contribution >= 4 is 12.0 Å². The van der Waals surface area contributed by atoms with Crippen molar-refractivity contribution in [2.45, 2.75) is 40.2 Å². The lowest BCUT2D eigenvalue weighted by atomic mass is 9.76. The van der Waals surface area contributed by atoms with E-state index in [2.05, 4.69) is 6.58 Å². The maximum absolute atomic E-state index is 12.5. The number of hydrogen-bond acceptors (Lipinski definition) is 2. The summed E-state index contributed by atoms with van der Waals surface area (Å²) in [6.07, 6.45) is 2.21. The lowest BCUT2D eigenvalue weighted by Crippen LogP contribution is -2.47. The Labute approximate surface area is 121 Å². The number of likely N-dealkylation sites (tertiary alicyclic amines) is 1. The summed E-state index contributed by atoms with van der Waals surface area (Å²) >= 11 is 0. The van der Waals surface area contributed by atoms with Gasteiger partial charge in [-0.1, -0.05) is 19.9 Å². The van der Waals surface area contributed by atoms with Crippen LogP contribution in [0.5, 0.6) is 0 Å². The fourth-order valence-corrected chi connectivity index (χ4v) is 2.72. The summed E-state index contributed by atoms with van der Waals surface area (Å²) in [5, 5.41) is 9.52. The molecule has 2 amide bonds. The van der Waals surface area contributed by atoms with E-state index in [-0.39, 0.29) is 18.0 Å². The normalized spacial score (nSPS) is 22.4. The molecule has 0 saturated carbocycles. The number of carbonyl (C=O) groups is 2. The van der Waals surface area contributed by atoms with E-state index in [1.54, 1.807) is 15.9 Å². The van der Waals surface area contributed by atoms with Crippen molar-refractivity contribution in [2.24, 2.45) is 11.3 Å². The van der Waals surface area contributed by atoms with E-state index in [1.807, 2.05) is 27.7 Å². The van der Waals surface area contributed by atoms with Gasteiger partial charge >= 0.3 is 12.0 Å². The van der Waals surface area contributed by atoms with E-state index in [0.717, 1.165) is 0 Å². The van der Waals surface area contributed by atoms with Crippen molar-refractivity contribution in [2.75, 3.05) is 19.6 Å². The number of nitrogens with zero attached hydrogens (tertiary/aromatic N) is 2. The van der Waals surface area contributed by atoms with Crippen LogP contribution in [0.3, 0.4) is 0 Å². The Morgan fingerprint density at radius 3 is 2.35 bits per heavy atom. The van der Waals surface area contributed by atoms with E-state index >= 15 is 0 Å². The largest absolute Gasteiger partial charge is 0.481 e. The number of rotatable bonds is 5. The van der Waals surface area contributed by atoms with Crippen LogP contribution in [0.15, 0.2) is 12.7 Å². The molecule has 1 fully saturated rings. The van der Waals surface area contributed by atoms with Crippen molar-refractivity contribution in [1.82, 2.24) is 9.80 Å². The van der Waals surface area contributed by atoms with Gasteiger partial charge in [-0.2, -0.15) is 0 Å². The molecule has 0 spiro atoms. The van der Waals surface area contributed by atoms with Gasteiger partial charge in [-0.25, -0.2) is 4.79 Å². The molecule has 1 atom stereocenters. The minimum Gasteiger partial charge on any atom is -0.481 e. The fraction of sp³-hybridized carbons (Fsp3) is 0.733. The monoisotopic (exact) mass is 282 g/mol. The summed E-state index contributed by atoms with van der Waals surface area (Å²) in [6.45, 7) is 12.7. The van der Waals surface area contributed by atoms with Crippen molar-refractivity contribution in [3.05, 3.63) is 12.7 Å². The SMILES string of the molecule is C=CCN(C(=O)N1CCC(C(=O)O)(C(C)C)C1)C(C)C. The molecule has 0 aromatic rings.